The molecule has 3 heteroatoms. The van der Waals surface area contributed by atoms with Crippen LogP contribution in [0, 0.1) is 0 Å². The highest BCUT2D eigenvalue weighted by Crippen LogP contribution is 2.45. The van der Waals surface area contributed by atoms with Crippen molar-refractivity contribution >= 4 is 23.2 Å². The third kappa shape index (κ3) is 3.17. The Kier molecular flexibility index (Phi) is 4.24. The molecular formula is C19H21Cl2N. The minimum atomic E-state index is 0.0876. The molecule has 0 aromatic heterocycles. The highest BCUT2D eigenvalue weighted by atomic mass is 35.5. The molecular weight excluding hydrogens is 313 g/mol. The molecule has 0 amide bonds. The third-order valence-corrected chi connectivity index (χ3v) is 4.91. The van der Waals surface area contributed by atoms with Crippen molar-refractivity contribution in [2.75, 3.05) is 0 Å². The quantitative estimate of drug-likeness (QED) is 0.715. The Morgan fingerprint density at radius 2 is 1.64 bits per heavy atom. The number of fused-ring (bicyclic) bond motifs is 1. The first-order valence-electron chi connectivity index (χ1n) is 7.66. The van der Waals surface area contributed by atoms with E-state index in [1.165, 1.54) is 16.7 Å². The number of benzene rings is 2. The van der Waals surface area contributed by atoms with Gasteiger partial charge in [0.05, 0.1) is 10.0 Å². The molecule has 2 atom stereocenters. The van der Waals surface area contributed by atoms with Crippen LogP contribution in [0.1, 0.15) is 55.8 Å². The second kappa shape index (κ2) is 5.88. The van der Waals surface area contributed by atoms with Crippen molar-refractivity contribution in [3.8, 4) is 0 Å². The van der Waals surface area contributed by atoms with E-state index in [2.05, 4.69) is 56.4 Å². The first-order valence-corrected chi connectivity index (χ1v) is 8.42. The van der Waals surface area contributed by atoms with Gasteiger partial charge in [0.25, 0.3) is 0 Å². The fraction of sp³-hybridized carbons (Fsp3) is 0.368. The molecule has 2 aromatic rings. The lowest BCUT2D eigenvalue weighted by molar-refractivity contribution is 0.357. The Labute approximate surface area is 142 Å². The second-order valence-electron chi connectivity index (χ2n) is 7.04. The second-order valence-corrected chi connectivity index (χ2v) is 7.85. The summed E-state index contributed by atoms with van der Waals surface area (Å²) in [4.78, 5) is 0. The van der Waals surface area contributed by atoms with Gasteiger partial charge in [-0.15, -0.1) is 0 Å². The number of nitrogens with one attached hydrogen (secondary N) is 1. The average molecular weight is 334 g/mol. The first kappa shape index (κ1) is 15.9. The molecule has 22 heavy (non-hydrogen) atoms. The SMILES string of the molecule is CC(C)(C)N[C@H]1C[C@@H](c2ccc(Cl)c(Cl)c2)c2ccccc21. The Morgan fingerprint density at radius 3 is 2.27 bits per heavy atom. The van der Waals surface area contributed by atoms with E-state index in [0.29, 0.717) is 22.0 Å². The molecule has 0 saturated heterocycles. The van der Waals surface area contributed by atoms with Crippen molar-refractivity contribution in [2.24, 2.45) is 0 Å². The smallest absolute Gasteiger partial charge is 0.0595 e. The monoisotopic (exact) mass is 333 g/mol. The molecule has 0 saturated carbocycles. The molecule has 0 fully saturated rings. The number of hydrogen-bond donors (Lipinski definition) is 1. The Hall–Kier alpha value is -1.02. The highest BCUT2D eigenvalue weighted by molar-refractivity contribution is 6.42. The fourth-order valence-corrected chi connectivity index (χ4v) is 3.65. The summed E-state index contributed by atoms with van der Waals surface area (Å²) < 4.78 is 0. The molecule has 1 N–H and O–H groups in total. The van der Waals surface area contributed by atoms with Crippen LogP contribution in [-0.4, -0.2) is 5.54 Å². The van der Waals surface area contributed by atoms with E-state index >= 15 is 0 Å². The normalized spacial score (nSPS) is 21.0. The van der Waals surface area contributed by atoms with Crippen LogP contribution in [0.2, 0.25) is 10.0 Å². The van der Waals surface area contributed by atoms with E-state index in [9.17, 15) is 0 Å². The molecule has 1 nitrogen and oxygen atoms in total. The van der Waals surface area contributed by atoms with E-state index in [4.69, 9.17) is 23.2 Å². The van der Waals surface area contributed by atoms with Crippen LogP contribution >= 0.6 is 23.2 Å². The summed E-state index contributed by atoms with van der Waals surface area (Å²) in [5, 5.41) is 4.98. The lowest BCUT2D eigenvalue weighted by atomic mass is 9.93. The average Bonchev–Trinajstić information content (AvgIpc) is 2.79. The van der Waals surface area contributed by atoms with E-state index in [1.54, 1.807) is 0 Å². The summed E-state index contributed by atoms with van der Waals surface area (Å²) in [7, 11) is 0. The fourth-order valence-electron chi connectivity index (χ4n) is 3.34. The van der Waals surface area contributed by atoms with E-state index in [1.807, 2.05) is 12.1 Å². The molecule has 0 unspecified atom stereocenters. The van der Waals surface area contributed by atoms with E-state index in [0.717, 1.165) is 6.42 Å². The summed E-state index contributed by atoms with van der Waals surface area (Å²) in [6.45, 7) is 6.63. The number of halogens is 2. The van der Waals surface area contributed by atoms with Crippen LogP contribution in [0.3, 0.4) is 0 Å². The van der Waals surface area contributed by atoms with Crippen LogP contribution in [0.4, 0.5) is 0 Å². The number of hydrogen-bond acceptors (Lipinski definition) is 1. The Morgan fingerprint density at radius 1 is 0.955 bits per heavy atom. The molecule has 1 aliphatic carbocycles. The van der Waals surface area contributed by atoms with Gasteiger partial charge in [-0.05, 0) is 56.0 Å². The predicted octanol–water partition coefficient (Wildman–Crippen LogP) is 5.96. The van der Waals surface area contributed by atoms with Crippen molar-refractivity contribution in [1.82, 2.24) is 5.32 Å². The molecule has 116 valence electrons. The van der Waals surface area contributed by atoms with Gasteiger partial charge in [-0.1, -0.05) is 53.5 Å². The molecule has 0 aliphatic heterocycles. The van der Waals surface area contributed by atoms with Crippen LogP contribution in [0.15, 0.2) is 42.5 Å². The maximum absolute atomic E-state index is 6.21. The third-order valence-electron chi connectivity index (χ3n) is 4.17. The molecule has 0 heterocycles. The van der Waals surface area contributed by atoms with Crippen LogP contribution in [-0.2, 0) is 0 Å². The van der Waals surface area contributed by atoms with Gasteiger partial charge < -0.3 is 5.32 Å². The van der Waals surface area contributed by atoms with Crippen molar-refractivity contribution < 1.29 is 0 Å². The molecule has 2 aromatic carbocycles. The largest absolute Gasteiger partial charge is 0.305 e. The maximum atomic E-state index is 6.21. The van der Waals surface area contributed by atoms with Crippen molar-refractivity contribution in [3.63, 3.8) is 0 Å². The topological polar surface area (TPSA) is 12.0 Å². The van der Waals surface area contributed by atoms with Gasteiger partial charge in [-0.2, -0.15) is 0 Å². The summed E-state index contributed by atoms with van der Waals surface area (Å²) in [5.41, 5.74) is 4.11. The van der Waals surface area contributed by atoms with Gasteiger partial charge in [-0.3, -0.25) is 0 Å². The molecule has 0 bridgehead atoms. The zero-order valence-corrected chi connectivity index (χ0v) is 14.7. The van der Waals surface area contributed by atoms with Crippen molar-refractivity contribution in [1.29, 1.82) is 0 Å². The van der Waals surface area contributed by atoms with Gasteiger partial charge in [0.15, 0.2) is 0 Å². The van der Waals surface area contributed by atoms with Gasteiger partial charge in [0.1, 0.15) is 0 Å². The minimum Gasteiger partial charge on any atom is -0.305 e. The predicted molar refractivity (Wildman–Crippen MR) is 95.0 cm³/mol. The Balaban J connectivity index is 1.98. The van der Waals surface area contributed by atoms with Crippen LogP contribution < -0.4 is 5.32 Å². The van der Waals surface area contributed by atoms with Gasteiger partial charge in [0, 0.05) is 17.5 Å². The maximum Gasteiger partial charge on any atom is 0.0595 e. The summed E-state index contributed by atoms with van der Waals surface area (Å²) in [6.07, 6.45) is 1.05. The lowest BCUT2D eigenvalue weighted by Gasteiger charge is -2.26. The van der Waals surface area contributed by atoms with Gasteiger partial charge >= 0.3 is 0 Å². The van der Waals surface area contributed by atoms with Crippen LogP contribution in [0.25, 0.3) is 0 Å². The van der Waals surface area contributed by atoms with Gasteiger partial charge in [-0.25, -0.2) is 0 Å². The molecule has 3 rings (SSSR count). The van der Waals surface area contributed by atoms with Crippen molar-refractivity contribution in [3.05, 3.63) is 69.2 Å². The first-order chi connectivity index (χ1) is 10.3. The minimum absolute atomic E-state index is 0.0876. The highest BCUT2D eigenvalue weighted by Gasteiger charge is 2.33. The summed E-state index contributed by atoms with van der Waals surface area (Å²) >= 11 is 12.3. The zero-order chi connectivity index (χ0) is 15.9. The zero-order valence-electron chi connectivity index (χ0n) is 13.2. The standard InChI is InChI=1S/C19H21Cl2N/c1-19(2,3)22-18-11-15(13-6-4-5-7-14(13)18)12-8-9-16(20)17(21)10-12/h4-10,15,18,22H,11H2,1-3H3/t15-,18-/m0/s1. The molecule has 0 spiro atoms. The van der Waals surface area contributed by atoms with Gasteiger partial charge in [0.2, 0.25) is 0 Å². The van der Waals surface area contributed by atoms with Crippen molar-refractivity contribution in [2.45, 2.75) is 44.7 Å². The summed E-state index contributed by atoms with van der Waals surface area (Å²) in [5.74, 6) is 0.366. The lowest BCUT2D eigenvalue weighted by Crippen LogP contribution is -2.38. The molecule has 0 radical (unpaired) electrons. The van der Waals surface area contributed by atoms with E-state index in [-0.39, 0.29) is 5.54 Å². The van der Waals surface area contributed by atoms with Crippen LogP contribution in [0.5, 0.6) is 0 Å². The summed E-state index contributed by atoms with van der Waals surface area (Å²) in [6, 6.07) is 15.1. The molecule has 1 aliphatic rings. The van der Waals surface area contributed by atoms with E-state index < -0.39 is 0 Å². The number of rotatable bonds is 2. The Bertz CT molecular complexity index is 688.